The van der Waals surface area contributed by atoms with Crippen LogP contribution in [0.2, 0.25) is 0 Å². The van der Waals surface area contributed by atoms with Crippen molar-refractivity contribution in [2.45, 2.75) is 32.4 Å². The van der Waals surface area contributed by atoms with E-state index < -0.39 is 5.60 Å². The van der Waals surface area contributed by atoms with Gasteiger partial charge in [0.25, 0.3) is 0 Å². The number of nitrogens with two attached hydrogens (primary N) is 1. The van der Waals surface area contributed by atoms with Crippen LogP contribution >= 0.6 is 0 Å². The van der Waals surface area contributed by atoms with Crippen molar-refractivity contribution in [2.75, 3.05) is 13.1 Å². The summed E-state index contributed by atoms with van der Waals surface area (Å²) in [5, 5.41) is 0. The molecule has 90 valence electrons. The van der Waals surface area contributed by atoms with Gasteiger partial charge in [0.1, 0.15) is 5.60 Å². The van der Waals surface area contributed by atoms with Crippen LogP contribution in [-0.4, -0.2) is 35.7 Å². The van der Waals surface area contributed by atoms with E-state index in [2.05, 4.69) is 6.08 Å². The van der Waals surface area contributed by atoms with Crippen LogP contribution in [0.15, 0.2) is 12.2 Å². The van der Waals surface area contributed by atoms with Gasteiger partial charge in [-0.1, -0.05) is 12.2 Å². The third-order valence-electron chi connectivity index (χ3n) is 3.14. The van der Waals surface area contributed by atoms with Gasteiger partial charge in [-0.05, 0) is 20.8 Å². The molecule has 2 N–H and O–H groups in total. The summed E-state index contributed by atoms with van der Waals surface area (Å²) in [7, 11) is 0. The number of fused-ring (bicyclic) bond motifs is 1. The van der Waals surface area contributed by atoms with Gasteiger partial charge in [0, 0.05) is 31.0 Å². The first kappa shape index (κ1) is 11.5. The van der Waals surface area contributed by atoms with Crippen LogP contribution in [-0.2, 0) is 4.74 Å². The van der Waals surface area contributed by atoms with Crippen LogP contribution in [0, 0.1) is 11.8 Å². The molecule has 16 heavy (non-hydrogen) atoms. The Morgan fingerprint density at radius 2 is 2.06 bits per heavy atom. The lowest BCUT2D eigenvalue weighted by Crippen LogP contribution is -2.37. The zero-order valence-corrected chi connectivity index (χ0v) is 10.1. The monoisotopic (exact) mass is 224 g/mol. The number of nitrogens with zero attached hydrogens (tertiary/aromatic N) is 1. The van der Waals surface area contributed by atoms with E-state index in [1.165, 1.54) is 0 Å². The van der Waals surface area contributed by atoms with E-state index in [-0.39, 0.29) is 12.1 Å². The Morgan fingerprint density at radius 3 is 2.62 bits per heavy atom. The lowest BCUT2D eigenvalue weighted by molar-refractivity contribution is 0.0284. The molecule has 1 aliphatic heterocycles. The van der Waals surface area contributed by atoms with Gasteiger partial charge in [-0.15, -0.1) is 0 Å². The van der Waals surface area contributed by atoms with E-state index in [0.29, 0.717) is 18.4 Å². The Labute approximate surface area is 96.4 Å². The molecule has 1 heterocycles. The standard InChI is InChI=1S/C12H20N2O2/c1-12(2,3)16-11(15)14-6-8-4-5-10(13)9(8)7-14/h4-5,8-10H,6-7,13H2,1-3H3/t8-,9+,10-/m0/s1. The minimum Gasteiger partial charge on any atom is -0.444 e. The highest BCUT2D eigenvalue weighted by Crippen LogP contribution is 2.32. The summed E-state index contributed by atoms with van der Waals surface area (Å²) in [5.74, 6) is 0.801. The van der Waals surface area contributed by atoms with Gasteiger partial charge >= 0.3 is 6.09 Å². The molecule has 4 nitrogen and oxygen atoms in total. The van der Waals surface area contributed by atoms with E-state index in [0.717, 1.165) is 6.54 Å². The number of hydrogen-bond donors (Lipinski definition) is 1. The molecule has 0 bridgehead atoms. The van der Waals surface area contributed by atoms with Gasteiger partial charge in [0.2, 0.25) is 0 Å². The van der Waals surface area contributed by atoms with Gasteiger partial charge in [0.15, 0.2) is 0 Å². The average molecular weight is 224 g/mol. The zero-order valence-electron chi connectivity index (χ0n) is 10.1. The molecule has 0 aromatic carbocycles. The summed E-state index contributed by atoms with van der Waals surface area (Å²) < 4.78 is 5.34. The van der Waals surface area contributed by atoms with Crippen LogP contribution in [0.5, 0.6) is 0 Å². The van der Waals surface area contributed by atoms with Gasteiger partial charge < -0.3 is 15.4 Å². The van der Waals surface area contributed by atoms with Gasteiger partial charge in [-0.3, -0.25) is 0 Å². The molecule has 1 fully saturated rings. The molecule has 0 aromatic heterocycles. The average Bonchev–Trinajstić information content (AvgIpc) is 2.65. The first-order valence-electron chi connectivity index (χ1n) is 5.78. The predicted octanol–water partition coefficient (Wildman–Crippen LogP) is 1.37. The second-order valence-electron chi connectivity index (χ2n) is 5.68. The van der Waals surface area contributed by atoms with E-state index in [1.807, 2.05) is 26.8 Å². The van der Waals surface area contributed by atoms with Crippen molar-refractivity contribution in [3.8, 4) is 0 Å². The second-order valence-corrected chi connectivity index (χ2v) is 5.68. The van der Waals surface area contributed by atoms with Crippen molar-refractivity contribution in [1.29, 1.82) is 0 Å². The van der Waals surface area contributed by atoms with Crippen LogP contribution in [0.1, 0.15) is 20.8 Å². The van der Waals surface area contributed by atoms with Crippen molar-refractivity contribution in [2.24, 2.45) is 17.6 Å². The summed E-state index contributed by atoms with van der Waals surface area (Å²) >= 11 is 0. The lowest BCUT2D eigenvalue weighted by Gasteiger charge is -2.24. The molecular formula is C12H20N2O2. The molecular weight excluding hydrogens is 204 g/mol. The maximum Gasteiger partial charge on any atom is 0.410 e. The SMILES string of the molecule is CC(C)(C)OC(=O)N1C[C@H]2[C@@H](N)C=C[C@H]2C1. The molecule has 0 spiro atoms. The predicted molar refractivity (Wildman–Crippen MR) is 61.9 cm³/mol. The Hall–Kier alpha value is -1.03. The van der Waals surface area contributed by atoms with E-state index in [4.69, 9.17) is 10.5 Å². The van der Waals surface area contributed by atoms with E-state index in [1.54, 1.807) is 4.90 Å². The number of rotatable bonds is 0. The summed E-state index contributed by atoms with van der Waals surface area (Å²) in [6.07, 6.45) is 3.95. The van der Waals surface area contributed by atoms with Crippen LogP contribution in [0.4, 0.5) is 4.79 Å². The molecule has 1 aliphatic carbocycles. The fourth-order valence-corrected chi connectivity index (χ4v) is 2.35. The summed E-state index contributed by atoms with van der Waals surface area (Å²) in [6, 6.07) is 0.0948. The second kappa shape index (κ2) is 3.77. The van der Waals surface area contributed by atoms with Crippen LogP contribution in [0.25, 0.3) is 0 Å². The van der Waals surface area contributed by atoms with E-state index >= 15 is 0 Å². The fraction of sp³-hybridized carbons (Fsp3) is 0.750. The maximum absolute atomic E-state index is 11.8. The Balaban J connectivity index is 1.94. The molecule has 0 saturated carbocycles. The molecule has 0 aromatic rings. The van der Waals surface area contributed by atoms with Crippen molar-refractivity contribution in [3.05, 3.63) is 12.2 Å². The molecule has 1 amide bonds. The van der Waals surface area contributed by atoms with E-state index in [9.17, 15) is 4.79 Å². The maximum atomic E-state index is 11.8. The number of ether oxygens (including phenoxy) is 1. The van der Waals surface area contributed by atoms with Crippen molar-refractivity contribution in [3.63, 3.8) is 0 Å². The van der Waals surface area contributed by atoms with Gasteiger partial charge in [-0.2, -0.15) is 0 Å². The first-order valence-corrected chi connectivity index (χ1v) is 5.78. The number of amides is 1. The van der Waals surface area contributed by atoms with Gasteiger partial charge in [-0.25, -0.2) is 4.79 Å². The number of carbonyl (C=O) groups excluding carboxylic acids is 1. The third-order valence-corrected chi connectivity index (χ3v) is 3.14. The highest BCUT2D eigenvalue weighted by molar-refractivity contribution is 5.68. The normalized spacial score (nSPS) is 33.0. The molecule has 0 unspecified atom stereocenters. The molecule has 2 aliphatic rings. The summed E-state index contributed by atoms with van der Waals surface area (Å²) in [4.78, 5) is 13.6. The first-order chi connectivity index (χ1) is 7.37. The summed E-state index contributed by atoms with van der Waals surface area (Å²) in [5.41, 5.74) is 5.52. The molecule has 3 atom stereocenters. The number of carbonyl (C=O) groups is 1. The van der Waals surface area contributed by atoms with Crippen molar-refractivity contribution < 1.29 is 9.53 Å². The smallest absolute Gasteiger partial charge is 0.410 e. The highest BCUT2D eigenvalue weighted by Gasteiger charge is 2.40. The quantitative estimate of drug-likeness (QED) is 0.632. The minimum atomic E-state index is -0.424. The Bertz CT molecular complexity index is 319. The van der Waals surface area contributed by atoms with Crippen LogP contribution in [0.3, 0.4) is 0 Å². The molecule has 0 radical (unpaired) electrons. The number of likely N-dealkylation sites (tertiary alicyclic amines) is 1. The Kier molecular flexibility index (Phi) is 2.70. The zero-order chi connectivity index (χ0) is 11.9. The largest absolute Gasteiger partial charge is 0.444 e. The van der Waals surface area contributed by atoms with Crippen LogP contribution < -0.4 is 5.73 Å². The molecule has 4 heteroatoms. The topological polar surface area (TPSA) is 55.6 Å². The Morgan fingerprint density at radius 1 is 1.38 bits per heavy atom. The van der Waals surface area contributed by atoms with Crippen molar-refractivity contribution >= 4 is 6.09 Å². The molecule has 1 saturated heterocycles. The number of hydrogen-bond acceptors (Lipinski definition) is 3. The van der Waals surface area contributed by atoms with Gasteiger partial charge in [0.05, 0.1) is 0 Å². The fourth-order valence-electron chi connectivity index (χ4n) is 2.35. The third kappa shape index (κ3) is 2.21. The van der Waals surface area contributed by atoms with Crippen molar-refractivity contribution in [1.82, 2.24) is 4.90 Å². The molecule has 2 rings (SSSR count). The minimum absolute atomic E-state index is 0.0948. The lowest BCUT2D eigenvalue weighted by atomic mass is 9.97. The highest BCUT2D eigenvalue weighted by atomic mass is 16.6. The summed E-state index contributed by atoms with van der Waals surface area (Å²) in [6.45, 7) is 7.10.